The molecule has 0 spiro atoms. The predicted molar refractivity (Wildman–Crippen MR) is 149 cm³/mol. The first-order chi connectivity index (χ1) is 18.0. The number of likely N-dealkylation sites (N-methyl/N-ethyl adjacent to an activating group) is 1. The second-order valence-electron chi connectivity index (χ2n) is 9.90. The van der Waals surface area contributed by atoms with Crippen LogP contribution >= 0.6 is 11.3 Å². The van der Waals surface area contributed by atoms with E-state index >= 15 is 0 Å². The molecule has 192 valence electrons. The normalized spacial score (nSPS) is 18.9. The SMILES string of the molecule is CN1CCN(C(=O)c2ccc3c(c2)[nH]c2cccc(N4CCC[C@@H](NC(=O)Nc5nccs5)C4)c23)CC1. The number of fused-ring (bicyclic) bond motifs is 3. The lowest BCUT2D eigenvalue weighted by Gasteiger charge is -2.35. The highest BCUT2D eigenvalue weighted by atomic mass is 32.1. The third-order valence-corrected chi connectivity index (χ3v) is 8.08. The molecule has 0 aliphatic carbocycles. The number of piperazine rings is 1. The van der Waals surface area contributed by atoms with Gasteiger partial charge in [0.2, 0.25) is 0 Å². The monoisotopic (exact) mass is 517 g/mol. The molecule has 2 aromatic carbocycles. The Bertz CT molecular complexity index is 1430. The number of rotatable bonds is 4. The molecule has 2 aromatic heterocycles. The fraction of sp³-hybridized carbons (Fsp3) is 0.370. The Balaban J connectivity index is 1.23. The number of hydrogen-bond acceptors (Lipinski definition) is 6. The molecule has 0 saturated carbocycles. The number of nitrogens with zero attached hydrogens (tertiary/aromatic N) is 4. The maximum atomic E-state index is 13.1. The van der Waals surface area contributed by atoms with Gasteiger partial charge in [0.25, 0.3) is 5.91 Å². The van der Waals surface area contributed by atoms with E-state index in [0.717, 1.165) is 85.2 Å². The van der Waals surface area contributed by atoms with E-state index in [9.17, 15) is 9.59 Å². The summed E-state index contributed by atoms with van der Waals surface area (Å²) in [6.07, 6.45) is 3.60. The van der Waals surface area contributed by atoms with Crippen LogP contribution in [-0.4, -0.2) is 84.1 Å². The second kappa shape index (κ2) is 10.0. The van der Waals surface area contributed by atoms with Crippen molar-refractivity contribution in [1.29, 1.82) is 0 Å². The van der Waals surface area contributed by atoms with Crippen molar-refractivity contribution in [2.24, 2.45) is 0 Å². The molecule has 1 atom stereocenters. The van der Waals surface area contributed by atoms with E-state index in [0.29, 0.717) is 5.13 Å². The Kier molecular flexibility index (Phi) is 6.43. The Hall–Kier alpha value is -3.63. The molecule has 0 bridgehead atoms. The summed E-state index contributed by atoms with van der Waals surface area (Å²) < 4.78 is 0. The summed E-state index contributed by atoms with van der Waals surface area (Å²) in [5, 5.41) is 10.6. The molecule has 2 aliphatic heterocycles. The molecule has 9 nitrogen and oxygen atoms in total. The summed E-state index contributed by atoms with van der Waals surface area (Å²) >= 11 is 1.40. The number of aromatic nitrogens is 2. The number of nitrogens with one attached hydrogen (secondary N) is 3. The van der Waals surface area contributed by atoms with Gasteiger partial charge in [-0.3, -0.25) is 10.1 Å². The van der Waals surface area contributed by atoms with E-state index in [4.69, 9.17) is 0 Å². The number of H-pyrrole nitrogens is 1. The lowest BCUT2D eigenvalue weighted by molar-refractivity contribution is 0.0664. The van der Waals surface area contributed by atoms with Crippen LogP contribution < -0.4 is 15.5 Å². The average Bonchev–Trinajstić information content (AvgIpc) is 3.55. The van der Waals surface area contributed by atoms with Crippen molar-refractivity contribution in [3.8, 4) is 0 Å². The zero-order valence-corrected chi connectivity index (χ0v) is 21.7. The molecule has 2 aliphatic rings. The molecule has 2 saturated heterocycles. The summed E-state index contributed by atoms with van der Waals surface area (Å²) in [6, 6.07) is 12.1. The first kappa shape index (κ1) is 23.7. The van der Waals surface area contributed by atoms with E-state index in [2.05, 4.69) is 61.7 Å². The Morgan fingerprint density at radius 3 is 2.76 bits per heavy atom. The molecule has 37 heavy (non-hydrogen) atoms. The third kappa shape index (κ3) is 4.86. The van der Waals surface area contributed by atoms with Crippen molar-refractivity contribution in [1.82, 2.24) is 25.1 Å². The predicted octanol–water partition coefficient (Wildman–Crippen LogP) is 3.96. The van der Waals surface area contributed by atoms with Gasteiger partial charge in [-0.25, -0.2) is 9.78 Å². The van der Waals surface area contributed by atoms with Gasteiger partial charge in [-0.2, -0.15) is 0 Å². The van der Waals surface area contributed by atoms with Crippen molar-refractivity contribution in [3.63, 3.8) is 0 Å². The maximum Gasteiger partial charge on any atom is 0.321 e. The second-order valence-corrected chi connectivity index (χ2v) is 10.8. The zero-order valence-electron chi connectivity index (χ0n) is 20.9. The standard InChI is InChI=1S/C27H31N7O2S/c1-32-11-13-33(14-12-32)25(35)18-7-8-20-22(16-18)30-21-5-2-6-23(24(20)21)34-10-3-4-19(17-34)29-26(36)31-27-28-9-15-37-27/h2,5-9,15-16,19,30H,3-4,10-14,17H2,1H3,(H2,28,29,31,36)/t19-/m1/s1. The van der Waals surface area contributed by atoms with Gasteiger partial charge in [0.05, 0.1) is 0 Å². The topological polar surface area (TPSA) is 96.6 Å². The minimum absolute atomic E-state index is 0.0435. The first-order valence-electron chi connectivity index (χ1n) is 12.8. The molecular weight excluding hydrogens is 486 g/mol. The van der Waals surface area contributed by atoms with Crippen LogP contribution in [0, 0.1) is 0 Å². The van der Waals surface area contributed by atoms with E-state index in [1.165, 1.54) is 11.3 Å². The summed E-state index contributed by atoms with van der Waals surface area (Å²) in [7, 11) is 2.09. The number of thiazole rings is 1. The van der Waals surface area contributed by atoms with Crippen LogP contribution in [-0.2, 0) is 0 Å². The van der Waals surface area contributed by atoms with Gasteiger partial charge in [0.1, 0.15) is 0 Å². The van der Waals surface area contributed by atoms with Crippen LogP contribution in [0.15, 0.2) is 48.0 Å². The maximum absolute atomic E-state index is 13.1. The molecule has 0 unspecified atom stereocenters. The molecule has 3 amide bonds. The molecule has 4 heterocycles. The molecular formula is C27H31N7O2S. The van der Waals surface area contributed by atoms with Gasteiger partial charge in [-0.15, -0.1) is 11.3 Å². The van der Waals surface area contributed by atoms with Crippen LogP contribution in [0.25, 0.3) is 21.8 Å². The smallest absolute Gasteiger partial charge is 0.321 e. The molecule has 6 rings (SSSR count). The van der Waals surface area contributed by atoms with Crippen LogP contribution in [0.5, 0.6) is 0 Å². The fourth-order valence-corrected chi connectivity index (χ4v) is 5.97. The zero-order chi connectivity index (χ0) is 25.4. The summed E-state index contributed by atoms with van der Waals surface area (Å²) in [5.74, 6) is 0.0925. The van der Waals surface area contributed by atoms with Gasteiger partial charge in [-0.05, 0) is 44.2 Å². The minimum atomic E-state index is -0.218. The Labute approximate surface area is 219 Å². The van der Waals surface area contributed by atoms with Crippen molar-refractivity contribution in [3.05, 3.63) is 53.5 Å². The first-order valence-corrected chi connectivity index (χ1v) is 13.7. The van der Waals surface area contributed by atoms with Crippen LogP contribution in [0.3, 0.4) is 0 Å². The summed E-state index contributed by atoms with van der Waals surface area (Å²) in [5.41, 5.74) is 3.89. The highest BCUT2D eigenvalue weighted by molar-refractivity contribution is 7.13. The van der Waals surface area contributed by atoms with Gasteiger partial charge in [-0.1, -0.05) is 12.1 Å². The Morgan fingerprint density at radius 2 is 1.95 bits per heavy atom. The number of benzene rings is 2. The number of piperidine rings is 1. The molecule has 4 aromatic rings. The van der Waals surface area contributed by atoms with E-state index in [1.54, 1.807) is 6.20 Å². The van der Waals surface area contributed by atoms with Crippen molar-refractivity contribution in [2.75, 3.05) is 56.5 Å². The molecule has 0 radical (unpaired) electrons. The fourth-order valence-electron chi connectivity index (χ4n) is 5.44. The lowest BCUT2D eigenvalue weighted by atomic mass is 10.0. The average molecular weight is 518 g/mol. The van der Waals surface area contributed by atoms with E-state index in [-0.39, 0.29) is 18.0 Å². The van der Waals surface area contributed by atoms with Crippen molar-refractivity contribution >= 4 is 55.9 Å². The highest BCUT2D eigenvalue weighted by Crippen LogP contribution is 2.35. The lowest BCUT2D eigenvalue weighted by Crippen LogP contribution is -2.49. The number of anilines is 2. The van der Waals surface area contributed by atoms with Crippen LogP contribution in [0.2, 0.25) is 0 Å². The van der Waals surface area contributed by atoms with Gasteiger partial charge < -0.3 is 25.0 Å². The minimum Gasteiger partial charge on any atom is -0.369 e. The Morgan fingerprint density at radius 1 is 1.08 bits per heavy atom. The van der Waals surface area contributed by atoms with Crippen molar-refractivity contribution < 1.29 is 9.59 Å². The molecule has 3 N–H and O–H groups in total. The van der Waals surface area contributed by atoms with Crippen LogP contribution in [0.1, 0.15) is 23.2 Å². The van der Waals surface area contributed by atoms with Gasteiger partial charge >= 0.3 is 6.03 Å². The van der Waals surface area contributed by atoms with Gasteiger partial charge in [0.15, 0.2) is 5.13 Å². The quantitative estimate of drug-likeness (QED) is 0.381. The largest absolute Gasteiger partial charge is 0.369 e. The van der Waals surface area contributed by atoms with Gasteiger partial charge in [0, 0.05) is 89.9 Å². The van der Waals surface area contributed by atoms with Crippen LogP contribution in [0.4, 0.5) is 15.6 Å². The number of amides is 3. The third-order valence-electron chi connectivity index (χ3n) is 7.39. The number of carbonyl (C=O) groups excluding carboxylic acids is 2. The molecule has 2 fully saturated rings. The number of urea groups is 1. The molecule has 10 heteroatoms. The number of carbonyl (C=O) groups is 2. The summed E-state index contributed by atoms with van der Waals surface area (Å²) in [4.78, 5) is 39.8. The van der Waals surface area contributed by atoms with Crippen molar-refractivity contribution in [2.45, 2.75) is 18.9 Å². The van der Waals surface area contributed by atoms with E-state index < -0.39 is 0 Å². The summed E-state index contributed by atoms with van der Waals surface area (Å²) in [6.45, 7) is 4.99. The van der Waals surface area contributed by atoms with E-state index in [1.807, 2.05) is 22.4 Å². The number of aromatic amines is 1. The number of hydrogen-bond donors (Lipinski definition) is 3. The highest BCUT2D eigenvalue weighted by Gasteiger charge is 2.25.